The van der Waals surface area contributed by atoms with E-state index in [1.807, 2.05) is 36.4 Å². The summed E-state index contributed by atoms with van der Waals surface area (Å²) in [5.74, 6) is 0. The van der Waals surface area contributed by atoms with Crippen molar-refractivity contribution in [3.05, 3.63) is 52.4 Å². The van der Waals surface area contributed by atoms with Crippen LogP contribution >= 0.6 is 0 Å². The van der Waals surface area contributed by atoms with E-state index in [1.54, 1.807) is 0 Å². The van der Waals surface area contributed by atoms with E-state index in [2.05, 4.69) is 5.18 Å². The molecular weight excluding hydrogens is 190 g/mol. The summed E-state index contributed by atoms with van der Waals surface area (Å²) in [7, 11) is 0. The monoisotopic (exact) mass is 201 g/mol. The van der Waals surface area contributed by atoms with Crippen LogP contribution in [0.3, 0.4) is 0 Å². The molecule has 0 radical (unpaired) electrons. The number of benzene rings is 2. The van der Waals surface area contributed by atoms with Crippen molar-refractivity contribution >= 4 is 10.8 Å². The Kier molecular flexibility index (Phi) is 2.74. The molecule has 2 aromatic rings. The third kappa shape index (κ3) is 1.74. The highest BCUT2D eigenvalue weighted by molar-refractivity contribution is 5.88. The number of hydrogen-bond donors (Lipinski definition) is 1. The van der Waals surface area contributed by atoms with E-state index in [4.69, 9.17) is 0 Å². The van der Waals surface area contributed by atoms with Gasteiger partial charge in [-0.3, -0.25) is 0 Å². The Labute approximate surface area is 87.3 Å². The van der Waals surface area contributed by atoms with Crippen molar-refractivity contribution in [2.75, 3.05) is 0 Å². The van der Waals surface area contributed by atoms with Crippen LogP contribution < -0.4 is 0 Å². The van der Waals surface area contributed by atoms with Gasteiger partial charge in [0.2, 0.25) is 0 Å². The van der Waals surface area contributed by atoms with Gasteiger partial charge in [0.25, 0.3) is 0 Å². The van der Waals surface area contributed by atoms with E-state index in [1.165, 1.54) is 0 Å². The molecule has 0 aliphatic carbocycles. The number of fused-ring (bicyclic) bond motifs is 1. The zero-order valence-corrected chi connectivity index (χ0v) is 8.18. The third-order valence-electron chi connectivity index (χ3n) is 2.48. The minimum Gasteiger partial charge on any atom is -0.392 e. The van der Waals surface area contributed by atoms with Crippen LogP contribution in [0.2, 0.25) is 0 Å². The van der Waals surface area contributed by atoms with E-state index >= 15 is 0 Å². The Bertz CT molecular complexity index is 489. The maximum Gasteiger partial charge on any atom is 0.107 e. The molecule has 3 nitrogen and oxygen atoms in total. The fraction of sp³-hybridized carbons (Fsp3) is 0.167. The van der Waals surface area contributed by atoms with Crippen LogP contribution in [0.4, 0.5) is 0 Å². The van der Waals surface area contributed by atoms with Crippen molar-refractivity contribution < 1.29 is 5.11 Å². The van der Waals surface area contributed by atoms with Gasteiger partial charge in [0.15, 0.2) is 0 Å². The second-order valence-electron chi connectivity index (χ2n) is 3.38. The molecule has 0 aliphatic rings. The molecule has 2 rings (SSSR count). The van der Waals surface area contributed by atoms with Gasteiger partial charge in [-0.05, 0) is 21.9 Å². The molecule has 0 aromatic heterocycles. The summed E-state index contributed by atoms with van der Waals surface area (Å²) < 4.78 is 0. The van der Waals surface area contributed by atoms with Gasteiger partial charge in [-0.2, -0.15) is 4.91 Å². The highest BCUT2D eigenvalue weighted by Crippen LogP contribution is 2.23. The lowest BCUT2D eigenvalue weighted by atomic mass is 10.00. The Morgan fingerprint density at radius 2 is 1.73 bits per heavy atom. The zero-order chi connectivity index (χ0) is 10.7. The first-order valence-electron chi connectivity index (χ1n) is 4.76. The van der Waals surface area contributed by atoms with Gasteiger partial charge in [-0.25, -0.2) is 0 Å². The molecule has 3 heteroatoms. The summed E-state index contributed by atoms with van der Waals surface area (Å²) in [4.78, 5) is 10.3. The molecule has 0 bridgehead atoms. The molecule has 0 saturated carbocycles. The van der Waals surface area contributed by atoms with E-state index in [0.717, 1.165) is 21.9 Å². The number of aliphatic hydroxyl groups excluding tert-OH is 1. The largest absolute Gasteiger partial charge is 0.392 e. The maximum atomic E-state index is 10.3. The highest BCUT2D eigenvalue weighted by Gasteiger charge is 2.05. The summed E-state index contributed by atoms with van der Waals surface area (Å²) in [6.07, 6.45) is 0. The lowest BCUT2D eigenvalue weighted by molar-refractivity contribution is 0.283. The first-order valence-corrected chi connectivity index (χ1v) is 4.76. The van der Waals surface area contributed by atoms with Crippen LogP contribution in [0.5, 0.6) is 0 Å². The quantitative estimate of drug-likeness (QED) is 0.776. The summed E-state index contributed by atoms with van der Waals surface area (Å²) in [5.41, 5.74) is 1.71. The van der Waals surface area contributed by atoms with Gasteiger partial charge in [0, 0.05) is 0 Å². The molecule has 0 saturated heterocycles. The Hall–Kier alpha value is -1.74. The molecule has 0 unspecified atom stereocenters. The zero-order valence-electron chi connectivity index (χ0n) is 8.18. The smallest absolute Gasteiger partial charge is 0.107 e. The fourth-order valence-corrected chi connectivity index (χ4v) is 1.83. The van der Waals surface area contributed by atoms with Crippen LogP contribution in [0.25, 0.3) is 10.8 Å². The van der Waals surface area contributed by atoms with Crippen LogP contribution in [-0.4, -0.2) is 5.11 Å². The average Bonchev–Trinajstić information content (AvgIpc) is 2.29. The third-order valence-corrected chi connectivity index (χ3v) is 2.48. The average molecular weight is 201 g/mol. The van der Waals surface area contributed by atoms with Gasteiger partial charge in [-0.15, -0.1) is 0 Å². The molecule has 0 fully saturated rings. The van der Waals surface area contributed by atoms with Gasteiger partial charge < -0.3 is 5.11 Å². The minimum atomic E-state index is -0.0206. The number of nitrogens with zero attached hydrogens (tertiary/aromatic N) is 1. The molecule has 0 aliphatic heterocycles. The van der Waals surface area contributed by atoms with E-state index in [9.17, 15) is 10.0 Å². The van der Waals surface area contributed by atoms with E-state index in [-0.39, 0.29) is 13.2 Å². The predicted octanol–water partition coefficient (Wildman–Crippen LogP) is 2.60. The standard InChI is InChI=1S/C12H11NO2/c14-8-11-6-2-4-9-3-1-5-10(7-13-15)12(9)11/h1-6,14H,7-8H2. The summed E-state index contributed by atoms with van der Waals surface area (Å²) in [6, 6.07) is 11.4. The van der Waals surface area contributed by atoms with Crippen LogP contribution in [0, 0.1) is 4.91 Å². The topological polar surface area (TPSA) is 49.7 Å². The molecular formula is C12H11NO2. The maximum absolute atomic E-state index is 10.3. The molecule has 2 aromatic carbocycles. The first-order chi connectivity index (χ1) is 7.36. The van der Waals surface area contributed by atoms with Crippen LogP contribution in [0.15, 0.2) is 41.6 Å². The molecule has 0 spiro atoms. The number of nitroso groups, excluding NO2 is 1. The summed E-state index contributed by atoms with van der Waals surface area (Å²) in [6.45, 7) is 0.127. The second-order valence-corrected chi connectivity index (χ2v) is 3.38. The van der Waals surface area contributed by atoms with E-state index < -0.39 is 0 Å². The normalized spacial score (nSPS) is 10.5. The fourth-order valence-electron chi connectivity index (χ4n) is 1.83. The Morgan fingerprint density at radius 1 is 1.07 bits per heavy atom. The van der Waals surface area contributed by atoms with Gasteiger partial charge >= 0.3 is 0 Å². The van der Waals surface area contributed by atoms with Gasteiger partial charge in [0.05, 0.1) is 6.61 Å². The van der Waals surface area contributed by atoms with Crippen molar-refractivity contribution in [3.63, 3.8) is 0 Å². The Morgan fingerprint density at radius 3 is 2.33 bits per heavy atom. The molecule has 0 atom stereocenters. The molecule has 15 heavy (non-hydrogen) atoms. The number of rotatable bonds is 3. The van der Waals surface area contributed by atoms with Crippen molar-refractivity contribution in [1.82, 2.24) is 0 Å². The second kappa shape index (κ2) is 4.19. The molecule has 76 valence electrons. The van der Waals surface area contributed by atoms with E-state index in [0.29, 0.717) is 0 Å². The lowest BCUT2D eigenvalue weighted by Gasteiger charge is -2.07. The van der Waals surface area contributed by atoms with Crippen molar-refractivity contribution in [2.24, 2.45) is 5.18 Å². The van der Waals surface area contributed by atoms with Crippen LogP contribution in [0.1, 0.15) is 11.1 Å². The minimum absolute atomic E-state index is 0.0206. The SMILES string of the molecule is O=NCc1cccc2cccc(CO)c12. The van der Waals surface area contributed by atoms with Crippen molar-refractivity contribution in [1.29, 1.82) is 0 Å². The lowest BCUT2D eigenvalue weighted by Crippen LogP contribution is -1.91. The van der Waals surface area contributed by atoms with Crippen molar-refractivity contribution in [3.8, 4) is 0 Å². The predicted molar refractivity (Wildman–Crippen MR) is 59.4 cm³/mol. The van der Waals surface area contributed by atoms with Crippen molar-refractivity contribution in [2.45, 2.75) is 13.2 Å². The first kappa shape index (κ1) is 9.80. The molecule has 0 amide bonds. The van der Waals surface area contributed by atoms with Crippen LogP contribution in [-0.2, 0) is 13.2 Å². The highest BCUT2D eigenvalue weighted by atomic mass is 16.3. The Balaban J connectivity index is 2.74. The molecule has 1 N–H and O–H groups in total. The number of aliphatic hydroxyl groups is 1. The summed E-state index contributed by atoms with van der Waals surface area (Å²) in [5, 5.41) is 14.1. The number of hydrogen-bond acceptors (Lipinski definition) is 3. The van der Waals surface area contributed by atoms with Gasteiger partial charge in [0.1, 0.15) is 6.54 Å². The molecule has 0 heterocycles. The summed E-state index contributed by atoms with van der Waals surface area (Å²) >= 11 is 0. The van der Waals surface area contributed by atoms with Gasteiger partial charge in [-0.1, -0.05) is 41.6 Å².